The highest BCUT2D eigenvalue weighted by atomic mass is 32.2. The standard InChI is InChI=1S/C20H18O5S/c1-13(21)24-16-9-7-15(8-10-16)18-11-17(22)19(20(23)25-18)26-12-14-5-3-2-4-6-14/h2-10,18,22H,11-12H2,1H3. The Morgan fingerprint density at radius 1 is 1.19 bits per heavy atom. The van der Waals surface area contributed by atoms with Gasteiger partial charge in [-0.15, -0.1) is 11.8 Å². The Hall–Kier alpha value is -2.73. The monoisotopic (exact) mass is 370 g/mol. The minimum atomic E-state index is -0.560. The van der Waals surface area contributed by atoms with Crippen molar-refractivity contribution >= 4 is 23.7 Å². The van der Waals surface area contributed by atoms with Crippen LogP contribution in [0.2, 0.25) is 0 Å². The van der Waals surface area contributed by atoms with Gasteiger partial charge in [0.1, 0.15) is 22.5 Å². The molecule has 0 amide bonds. The van der Waals surface area contributed by atoms with E-state index in [1.165, 1.54) is 18.7 Å². The first kappa shape index (κ1) is 18.1. The van der Waals surface area contributed by atoms with Crippen molar-refractivity contribution in [3.05, 3.63) is 76.4 Å². The molecular formula is C20H18O5S. The average molecular weight is 370 g/mol. The van der Waals surface area contributed by atoms with Gasteiger partial charge in [0.25, 0.3) is 0 Å². The Labute approximate surface area is 155 Å². The molecule has 1 unspecified atom stereocenters. The average Bonchev–Trinajstić information content (AvgIpc) is 2.62. The van der Waals surface area contributed by atoms with Crippen molar-refractivity contribution in [2.24, 2.45) is 0 Å². The topological polar surface area (TPSA) is 72.8 Å². The van der Waals surface area contributed by atoms with E-state index in [-0.39, 0.29) is 17.1 Å². The van der Waals surface area contributed by atoms with Gasteiger partial charge < -0.3 is 14.6 Å². The fraction of sp³-hybridized carbons (Fsp3) is 0.200. The Kier molecular flexibility index (Phi) is 5.63. The fourth-order valence-corrected chi connectivity index (χ4v) is 3.50. The van der Waals surface area contributed by atoms with E-state index in [2.05, 4.69) is 0 Å². The second kappa shape index (κ2) is 8.10. The van der Waals surface area contributed by atoms with Crippen LogP contribution in [0.15, 0.2) is 65.3 Å². The van der Waals surface area contributed by atoms with Crippen LogP contribution in [-0.4, -0.2) is 17.0 Å². The van der Waals surface area contributed by atoms with Gasteiger partial charge in [-0.3, -0.25) is 4.79 Å². The summed E-state index contributed by atoms with van der Waals surface area (Å²) in [6.45, 7) is 1.33. The molecule has 0 aromatic heterocycles. The number of hydrogen-bond donors (Lipinski definition) is 1. The zero-order valence-corrected chi connectivity index (χ0v) is 15.0. The molecule has 1 aliphatic rings. The molecule has 1 atom stereocenters. The number of benzene rings is 2. The van der Waals surface area contributed by atoms with Crippen LogP contribution in [0.5, 0.6) is 5.75 Å². The maximum atomic E-state index is 12.3. The first-order valence-corrected chi connectivity index (χ1v) is 9.09. The molecule has 5 nitrogen and oxygen atoms in total. The number of carbonyl (C=O) groups is 2. The molecule has 2 aromatic carbocycles. The lowest BCUT2D eigenvalue weighted by Gasteiger charge is -2.24. The highest BCUT2D eigenvalue weighted by Crippen LogP contribution is 2.37. The molecule has 0 fully saturated rings. The maximum absolute atomic E-state index is 12.3. The zero-order valence-electron chi connectivity index (χ0n) is 14.2. The summed E-state index contributed by atoms with van der Waals surface area (Å²) >= 11 is 1.27. The van der Waals surface area contributed by atoms with E-state index in [9.17, 15) is 14.7 Å². The third-order valence-corrected chi connectivity index (χ3v) is 4.98. The van der Waals surface area contributed by atoms with Crippen LogP contribution >= 0.6 is 11.8 Å². The smallest absolute Gasteiger partial charge is 0.348 e. The van der Waals surface area contributed by atoms with E-state index >= 15 is 0 Å². The Morgan fingerprint density at radius 3 is 2.50 bits per heavy atom. The van der Waals surface area contributed by atoms with Gasteiger partial charge in [0.2, 0.25) is 0 Å². The van der Waals surface area contributed by atoms with Gasteiger partial charge in [-0.05, 0) is 23.3 Å². The third-order valence-electron chi connectivity index (χ3n) is 3.82. The number of hydrogen-bond acceptors (Lipinski definition) is 6. The molecule has 1 N–H and O–H groups in total. The Bertz CT molecular complexity index is 827. The number of aliphatic hydroxyl groups excluding tert-OH is 1. The summed E-state index contributed by atoms with van der Waals surface area (Å²) in [6, 6.07) is 16.4. The quantitative estimate of drug-likeness (QED) is 0.625. The largest absolute Gasteiger partial charge is 0.511 e. The van der Waals surface area contributed by atoms with Crippen molar-refractivity contribution in [3.8, 4) is 5.75 Å². The summed E-state index contributed by atoms with van der Waals surface area (Å²) in [6.07, 6.45) is -0.342. The van der Waals surface area contributed by atoms with Crippen molar-refractivity contribution in [2.45, 2.75) is 25.2 Å². The SMILES string of the molecule is CC(=O)Oc1ccc(C2CC(O)=C(SCc3ccccc3)C(=O)O2)cc1. The van der Waals surface area contributed by atoms with Crippen LogP contribution in [0.3, 0.4) is 0 Å². The number of ether oxygens (including phenoxy) is 2. The van der Waals surface area contributed by atoms with E-state index in [0.29, 0.717) is 11.5 Å². The van der Waals surface area contributed by atoms with Gasteiger partial charge in [-0.25, -0.2) is 4.79 Å². The molecule has 0 saturated carbocycles. The number of cyclic esters (lactones) is 1. The molecule has 3 rings (SSSR count). The van der Waals surface area contributed by atoms with Crippen LogP contribution in [0.4, 0.5) is 0 Å². The number of esters is 2. The predicted octanol–water partition coefficient (Wildman–Crippen LogP) is 4.30. The minimum absolute atomic E-state index is 0.0382. The lowest BCUT2D eigenvalue weighted by Crippen LogP contribution is -2.20. The van der Waals surface area contributed by atoms with Gasteiger partial charge in [-0.2, -0.15) is 0 Å². The molecule has 0 saturated heterocycles. The molecule has 0 aliphatic carbocycles. The number of rotatable bonds is 5. The second-order valence-corrected chi connectivity index (χ2v) is 6.80. The lowest BCUT2D eigenvalue weighted by atomic mass is 10.0. The van der Waals surface area contributed by atoms with Crippen LogP contribution in [-0.2, 0) is 20.1 Å². The summed E-state index contributed by atoms with van der Waals surface area (Å²) in [5.41, 5.74) is 1.79. The highest BCUT2D eigenvalue weighted by molar-refractivity contribution is 8.03. The third kappa shape index (κ3) is 4.46. The van der Waals surface area contributed by atoms with Crippen molar-refractivity contribution < 1.29 is 24.2 Å². The summed E-state index contributed by atoms with van der Waals surface area (Å²) in [7, 11) is 0. The molecule has 0 bridgehead atoms. The van der Waals surface area contributed by atoms with E-state index < -0.39 is 18.0 Å². The highest BCUT2D eigenvalue weighted by Gasteiger charge is 2.30. The zero-order chi connectivity index (χ0) is 18.5. The number of aliphatic hydroxyl groups is 1. The van der Waals surface area contributed by atoms with Crippen molar-refractivity contribution in [2.75, 3.05) is 0 Å². The Morgan fingerprint density at radius 2 is 1.88 bits per heavy atom. The maximum Gasteiger partial charge on any atom is 0.348 e. The molecule has 1 aliphatic heterocycles. The predicted molar refractivity (Wildman–Crippen MR) is 98.6 cm³/mol. The van der Waals surface area contributed by atoms with Crippen molar-refractivity contribution in [1.82, 2.24) is 0 Å². The first-order chi connectivity index (χ1) is 12.5. The fourth-order valence-electron chi connectivity index (χ4n) is 2.58. The molecule has 0 spiro atoms. The van der Waals surface area contributed by atoms with E-state index in [1.807, 2.05) is 30.3 Å². The van der Waals surface area contributed by atoms with Crippen molar-refractivity contribution in [3.63, 3.8) is 0 Å². The Balaban J connectivity index is 1.67. The normalized spacial score (nSPS) is 17.0. The second-order valence-electron chi connectivity index (χ2n) is 5.81. The van der Waals surface area contributed by atoms with Gasteiger partial charge in [0.15, 0.2) is 0 Å². The van der Waals surface area contributed by atoms with Gasteiger partial charge in [0.05, 0.1) is 0 Å². The van der Waals surface area contributed by atoms with E-state index in [1.54, 1.807) is 24.3 Å². The molecule has 0 radical (unpaired) electrons. The number of thioether (sulfide) groups is 1. The summed E-state index contributed by atoms with van der Waals surface area (Å²) in [4.78, 5) is 23.5. The van der Waals surface area contributed by atoms with Crippen LogP contribution in [0.25, 0.3) is 0 Å². The van der Waals surface area contributed by atoms with Crippen LogP contribution < -0.4 is 4.74 Å². The minimum Gasteiger partial charge on any atom is -0.511 e. The molecule has 2 aromatic rings. The molecule has 26 heavy (non-hydrogen) atoms. The van der Waals surface area contributed by atoms with Gasteiger partial charge in [0, 0.05) is 19.1 Å². The molecule has 6 heteroatoms. The van der Waals surface area contributed by atoms with Crippen molar-refractivity contribution in [1.29, 1.82) is 0 Å². The molecular weight excluding hydrogens is 352 g/mol. The molecule has 1 heterocycles. The first-order valence-electron chi connectivity index (χ1n) is 8.11. The summed E-state index contributed by atoms with van der Waals surface area (Å²) in [5, 5.41) is 10.3. The lowest BCUT2D eigenvalue weighted by molar-refractivity contribution is -0.146. The number of carbonyl (C=O) groups excluding carboxylic acids is 2. The molecule has 134 valence electrons. The van der Waals surface area contributed by atoms with Gasteiger partial charge in [-0.1, -0.05) is 42.5 Å². The van der Waals surface area contributed by atoms with E-state index in [4.69, 9.17) is 9.47 Å². The summed E-state index contributed by atoms with van der Waals surface area (Å²) in [5.74, 6) is 0.113. The van der Waals surface area contributed by atoms with E-state index in [0.717, 1.165) is 11.1 Å². The van der Waals surface area contributed by atoms with Gasteiger partial charge >= 0.3 is 11.9 Å². The summed E-state index contributed by atoms with van der Waals surface area (Å²) < 4.78 is 10.5. The van der Waals surface area contributed by atoms with Crippen LogP contribution in [0, 0.1) is 0 Å². The van der Waals surface area contributed by atoms with Crippen LogP contribution in [0.1, 0.15) is 30.6 Å².